The Morgan fingerprint density at radius 1 is 1.16 bits per heavy atom. The summed E-state index contributed by atoms with van der Waals surface area (Å²) >= 11 is 1.55. The highest BCUT2D eigenvalue weighted by molar-refractivity contribution is 7.89. The third kappa shape index (κ3) is 5.69. The van der Waals surface area contributed by atoms with Gasteiger partial charge in [-0.2, -0.15) is 4.31 Å². The number of likely N-dealkylation sites (N-methyl/N-ethyl adjacent to an activating group) is 1. The summed E-state index contributed by atoms with van der Waals surface area (Å²) < 4.78 is 32.4. The van der Waals surface area contributed by atoms with Crippen LogP contribution in [0.5, 0.6) is 5.75 Å². The molecule has 31 heavy (non-hydrogen) atoms. The maximum Gasteiger partial charge on any atom is 0.243 e. The van der Waals surface area contributed by atoms with Crippen LogP contribution in [-0.4, -0.2) is 43.3 Å². The van der Waals surface area contributed by atoms with Crippen LogP contribution in [0.2, 0.25) is 0 Å². The Hall–Kier alpha value is -2.75. The Kier molecular flexibility index (Phi) is 7.42. The first-order valence-corrected chi connectivity index (χ1v) is 12.2. The van der Waals surface area contributed by atoms with E-state index in [2.05, 4.69) is 10.3 Å². The number of aromatic nitrogens is 1. The smallest absolute Gasteiger partial charge is 0.243 e. The largest absolute Gasteiger partial charge is 0.494 e. The van der Waals surface area contributed by atoms with Gasteiger partial charge in [0.05, 0.1) is 28.7 Å². The molecule has 7 nitrogen and oxygen atoms in total. The van der Waals surface area contributed by atoms with Crippen molar-refractivity contribution in [2.24, 2.45) is 0 Å². The number of hydrogen-bond donors (Lipinski definition) is 1. The first-order chi connectivity index (χ1) is 14.8. The molecule has 1 amide bonds. The third-order valence-corrected chi connectivity index (χ3v) is 7.21. The molecule has 1 aromatic heterocycles. The summed E-state index contributed by atoms with van der Waals surface area (Å²) in [5.74, 6) is 0.181. The fourth-order valence-corrected chi connectivity index (χ4v) is 5.03. The number of ether oxygens (including phenoxy) is 1. The molecule has 0 atom stereocenters. The van der Waals surface area contributed by atoms with Crippen LogP contribution in [0.15, 0.2) is 58.8 Å². The standard InChI is InChI=1S/C22H25N3O4S2/c1-4-25(31(27,28)20-11-9-19(10-12-20)29-5-2)14-22(26)24-18-8-6-7-17(13-18)21-15-30-16(3)23-21/h6-13,15H,4-5,14H2,1-3H3,(H,24,26). The topological polar surface area (TPSA) is 88.6 Å². The Labute approximate surface area is 186 Å². The zero-order valence-corrected chi connectivity index (χ0v) is 19.3. The van der Waals surface area contributed by atoms with E-state index >= 15 is 0 Å². The number of thiazole rings is 1. The Balaban J connectivity index is 1.71. The van der Waals surface area contributed by atoms with E-state index < -0.39 is 15.9 Å². The van der Waals surface area contributed by atoms with Crippen LogP contribution in [0, 0.1) is 6.92 Å². The van der Waals surface area contributed by atoms with Crippen LogP contribution in [0.25, 0.3) is 11.3 Å². The SMILES string of the molecule is CCOc1ccc(S(=O)(=O)N(CC)CC(=O)Nc2cccc(-c3csc(C)n3)c2)cc1. The lowest BCUT2D eigenvalue weighted by molar-refractivity contribution is -0.116. The summed E-state index contributed by atoms with van der Waals surface area (Å²) in [6.07, 6.45) is 0. The zero-order chi connectivity index (χ0) is 22.4. The Morgan fingerprint density at radius 2 is 1.90 bits per heavy atom. The zero-order valence-electron chi connectivity index (χ0n) is 17.7. The van der Waals surface area contributed by atoms with E-state index in [1.54, 1.807) is 36.5 Å². The molecule has 0 spiro atoms. The normalized spacial score (nSPS) is 11.5. The number of amides is 1. The molecule has 9 heteroatoms. The van der Waals surface area contributed by atoms with Gasteiger partial charge in [0, 0.05) is 23.2 Å². The highest BCUT2D eigenvalue weighted by atomic mass is 32.2. The minimum atomic E-state index is -3.81. The maximum absolute atomic E-state index is 13.0. The first-order valence-electron chi connectivity index (χ1n) is 9.89. The highest BCUT2D eigenvalue weighted by Gasteiger charge is 2.25. The molecular formula is C22H25N3O4S2. The average molecular weight is 460 g/mol. The molecule has 3 rings (SSSR count). The summed E-state index contributed by atoms with van der Waals surface area (Å²) in [6.45, 7) is 5.87. The molecule has 164 valence electrons. The summed E-state index contributed by atoms with van der Waals surface area (Å²) in [6, 6.07) is 13.5. The molecule has 0 fully saturated rings. The van der Waals surface area contributed by atoms with Crippen molar-refractivity contribution in [2.75, 3.05) is 25.0 Å². The third-order valence-electron chi connectivity index (χ3n) is 4.51. The maximum atomic E-state index is 13.0. The van der Waals surface area contributed by atoms with Gasteiger partial charge < -0.3 is 10.1 Å². The van der Waals surface area contributed by atoms with Crippen molar-refractivity contribution in [3.05, 3.63) is 58.9 Å². The van der Waals surface area contributed by atoms with Gasteiger partial charge in [-0.3, -0.25) is 4.79 Å². The molecule has 0 aliphatic carbocycles. The summed E-state index contributed by atoms with van der Waals surface area (Å²) in [5.41, 5.74) is 2.31. The number of aryl methyl sites for hydroxylation is 1. The predicted octanol–water partition coefficient (Wildman–Crippen LogP) is 4.17. The minimum absolute atomic E-state index is 0.117. The lowest BCUT2D eigenvalue weighted by atomic mass is 10.1. The minimum Gasteiger partial charge on any atom is -0.494 e. The van der Waals surface area contributed by atoms with Crippen molar-refractivity contribution in [1.29, 1.82) is 0 Å². The van der Waals surface area contributed by atoms with Gasteiger partial charge in [0.15, 0.2) is 0 Å². The number of rotatable bonds is 9. The molecule has 0 unspecified atom stereocenters. The molecule has 0 aliphatic heterocycles. The Morgan fingerprint density at radius 3 is 2.52 bits per heavy atom. The fourth-order valence-electron chi connectivity index (χ4n) is 3.00. The van der Waals surface area contributed by atoms with Crippen molar-refractivity contribution in [3.63, 3.8) is 0 Å². The van der Waals surface area contributed by atoms with Crippen molar-refractivity contribution in [2.45, 2.75) is 25.7 Å². The molecule has 2 aromatic carbocycles. The van der Waals surface area contributed by atoms with Crippen LogP contribution in [0.4, 0.5) is 5.69 Å². The van der Waals surface area contributed by atoms with Crippen molar-refractivity contribution in [3.8, 4) is 17.0 Å². The van der Waals surface area contributed by atoms with Gasteiger partial charge in [0.2, 0.25) is 15.9 Å². The lowest BCUT2D eigenvalue weighted by Gasteiger charge is -2.20. The quantitative estimate of drug-likeness (QED) is 0.519. The van der Waals surface area contributed by atoms with E-state index in [0.717, 1.165) is 20.6 Å². The van der Waals surface area contributed by atoms with Crippen LogP contribution < -0.4 is 10.1 Å². The number of carbonyl (C=O) groups is 1. The molecule has 1 N–H and O–H groups in total. The number of nitrogens with zero attached hydrogens (tertiary/aromatic N) is 2. The van der Waals surface area contributed by atoms with E-state index in [9.17, 15) is 13.2 Å². The van der Waals surface area contributed by atoms with Gasteiger partial charge in [-0.1, -0.05) is 19.1 Å². The monoisotopic (exact) mass is 459 g/mol. The Bertz CT molecular complexity index is 1140. The van der Waals surface area contributed by atoms with Crippen LogP contribution in [0.3, 0.4) is 0 Å². The van der Waals surface area contributed by atoms with Gasteiger partial charge in [0.25, 0.3) is 0 Å². The van der Waals surface area contributed by atoms with Crippen molar-refractivity contribution < 1.29 is 17.9 Å². The second-order valence-electron chi connectivity index (χ2n) is 6.72. The van der Waals surface area contributed by atoms with Crippen molar-refractivity contribution >= 4 is 33.0 Å². The number of sulfonamides is 1. The van der Waals surface area contributed by atoms with Crippen LogP contribution in [-0.2, 0) is 14.8 Å². The highest BCUT2D eigenvalue weighted by Crippen LogP contribution is 2.24. The number of benzene rings is 2. The number of carbonyl (C=O) groups excluding carboxylic acids is 1. The molecule has 0 bridgehead atoms. The average Bonchev–Trinajstić information content (AvgIpc) is 3.19. The first kappa shape index (κ1) is 22.9. The van der Waals surface area contributed by atoms with Gasteiger partial charge in [0.1, 0.15) is 5.75 Å². The second kappa shape index (κ2) is 10.0. The summed E-state index contributed by atoms with van der Waals surface area (Å²) in [4.78, 5) is 17.2. The molecular weight excluding hydrogens is 434 g/mol. The molecule has 0 saturated heterocycles. The van der Waals surface area contributed by atoms with Crippen LogP contribution >= 0.6 is 11.3 Å². The predicted molar refractivity (Wildman–Crippen MR) is 123 cm³/mol. The second-order valence-corrected chi connectivity index (χ2v) is 9.72. The fraction of sp³-hybridized carbons (Fsp3) is 0.273. The van der Waals surface area contributed by atoms with E-state index in [1.807, 2.05) is 37.4 Å². The number of anilines is 1. The van der Waals surface area contributed by atoms with E-state index in [0.29, 0.717) is 18.0 Å². The van der Waals surface area contributed by atoms with E-state index in [-0.39, 0.29) is 18.0 Å². The van der Waals surface area contributed by atoms with Crippen molar-refractivity contribution in [1.82, 2.24) is 9.29 Å². The summed E-state index contributed by atoms with van der Waals surface area (Å²) in [7, 11) is -3.81. The molecule has 1 heterocycles. The van der Waals surface area contributed by atoms with Gasteiger partial charge in [-0.25, -0.2) is 13.4 Å². The molecule has 0 aliphatic rings. The lowest BCUT2D eigenvalue weighted by Crippen LogP contribution is -2.37. The van der Waals surface area contributed by atoms with Gasteiger partial charge >= 0.3 is 0 Å². The van der Waals surface area contributed by atoms with E-state index in [4.69, 9.17) is 4.74 Å². The van der Waals surface area contributed by atoms with Crippen LogP contribution in [0.1, 0.15) is 18.9 Å². The summed E-state index contributed by atoms with van der Waals surface area (Å²) in [5, 5.41) is 5.70. The number of nitrogens with one attached hydrogen (secondary N) is 1. The van der Waals surface area contributed by atoms with Gasteiger partial charge in [-0.05, 0) is 50.2 Å². The van der Waals surface area contributed by atoms with Gasteiger partial charge in [-0.15, -0.1) is 11.3 Å². The molecule has 0 saturated carbocycles. The molecule has 0 radical (unpaired) electrons. The molecule has 3 aromatic rings. The number of hydrogen-bond acceptors (Lipinski definition) is 6. The van der Waals surface area contributed by atoms with E-state index in [1.165, 1.54) is 12.1 Å².